The van der Waals surface area contributed by atoms with Gasteiger partial charge in [-0.3, -0.25) is 10.1 Å². The van der Waals surface area contributed by atoms with Gasteiger partial charge in [-0.25, -0.2) is 15.0 Å². The van der Waals surface area contributed by atoms with Crippen molar-refractivity contribution in [1.82, 2.24) is 19.5 Å². The minimum Gasteiger partial charge on any atom is -0.456 e. The fourth-order valence-corrected chi connectivity index (χ4v) is 7.36. The first-order valence-corrected chi connectivity index (χ1v) is 17.2. The molecule has 0 saturated carbocycles. The molecule has 0 unspecified atom stereocenters. The quantitative estimate of drug-likeness (QED) is 0.128. The van der Waals surface area contributed by atoms with Gasteiger partial charge in [-0.05, 0) is 48.0 Å². The molecule has 10 aromatic rings. The van der Waals surface area contributed by atoms with Crippen LogP contribution in [0.3, 0.4) is 0 Å². The lowest BCUT2D eigenvalue weighted by atomic mass is 9.99. The highest BCUT2D eigenvalue weighted by molar-refractivity contribution is 6.27. The number of non-ortho nitro benzene ring substituents is 1. The standard InChI is InChI=1S/C45H27N5O3/c51-50(52)32-17-11-16-30(26-32)35-27-31(45-47-43(28-12-3-1-4-13-28)46-44(48-45)29-14-5-2-6-15-29)22-23-37(35)49-36-20-9-7-18-33(36)41-38(49)24-25-40-42(41)34-19-8-10-21-39(34)53-40/h1-27H. The molecule has 0 atom stereocenters. The van der Waals surface area contributed by atoms with Gasteiger partial charge in [0.2, 0.25) is 0 Å². The molecule has 8 heteroatoms. The minimum absolute atomic E-state index is 0.00513. The number of furan rings is 1. The molecule has 3 aromatic heterocycles. The Labute approximate surface area is 302 Å². The van der Waals surface area contributed by atoms with Gasteiger partial charge in [-0.2, -0.15) is 0 Å². The molecule has 250 valence electrons. The number of aromatic nitrogens is 4. The van der Waals surface area contributed by atoms with Crippen LogP contribution in [-0.2, 0) is 0 Å². The van der Waals surface area contributed by atoms with E-state index in [0.717, 1.165) is 71.7 Å². The number of nitro groups is 1. The molecule has 0 aliphatic rings. The highest BCUT2D eigenvalue weighted by atomic mass is 16.6. The van der Waals surface area contributed by atoms with Crippen LogP contribution in [0.4, 0.5) is 5.69 Å². The zero-order valence-electron chi connectivity index (χ0n) is 28.0. The number of hydrogen-bond acceptors (Lipinski definition) is 6. The highest BCUT2D eigenvalue weighted by Gasteiger charge is 2.22. The van der Waals surface area contributed by atoms with Gasteiger partial charge in [0.05, 0.1) is 21.6 Å². The Hall–Kier alpha value is -7.45. The van der Waals surface area contributed by atoms with Crippen LogP contribution in [0.5, 0.6) is 0 Å². The molecular formula is C45H27N5O3. The summed E-state index contributed by atoms with van der Waals surface area (Å²) in [5.74, 6) is 1.59. The lowest BCUT2D eigenvalue weighted by molar-refractivity contribution is -0.384. The Bertz CT molecular complexity index is 2980. The van der Waals surface area contributed by atoms with E-state index in [-0.39, 0.29) is 10.6 Å². The Morgan fingerprint density at radius 2 is 1.11 bits per heavy atom. The van der Waals surface area contributed by atoms with Gasteiger partial charge in [0.25, 0.3) is 5.69 Å². The van der Waals surface area contributed by atoms with Gasteiger partial charge in [0.15, 0.2) is 17.5 Å². The Balaban J connectivity index is 1.26. The smallest absolute Gasteiger partial charge is 0.270 e. The molecule has 10 rings (SSSR count). The van der Waals surface area contributed by atoms with Crippen LogP contribution in [0.2, 0.25) is 0 Å². The summed E-state index contributed by atoms with van der Waals surface area (Å²) in [4.78, 5) is 26.5. The normalized spacial score (nSPS) is 11.5. The Morgan fingerprint density at radius 3 is 1.83 bits per heavy atom. The molecule has 0 fully saturated rings. The van der Waals surface area contributed by atoms with Crippen LogP contribution >= 0.6 is 0 Å². The van der Waals surface area contributed by atoms with E-state index in [4.69, 9.17) is 19.4 Å². The second kappa shape index (κ2) is 12.1. The van der Waals surface area contributed by atoms with Crippen molar-refractivity contribution >= 4 is 49.4 Å². The fourth-order valence-electron chi connectivity index (χ4n) is 7.36. The van der Waals surface area contributed by atoms with Crippen molar-refractivity contribution in [1.29, 1.82) is 0 Å². The molecule has 0 aliphatic heterocycles. The summed E-state index contributed by atoms with van der Waals surface area (Å²) in [6.45, 7) is 0. The van der Waals surface area contributed by atoms with E-state index in [1.807, 2.05) is 115 Å². The monoisotopic (exact) mass is 685 g/mol. The van der Waals surface area contributed by atoms with Crippen molar-refractivity contribution in [3.63, 3.8) is 0 Å². The van der Waals surface area contributed by atoms with Crippen molar-refractivity contribution < 1.29 is 9.34 Å². The lowest BCUT2D eigenvalue weighted by Gasteiger charge is -2.16. The van der Waals surface area contributed by atoms with E-state index in [1.165, 1.54) is 6.07 Å². The van der Waals surface area contributed by atoms with Gasteiger partial charge >= 0.3 is 0 Å². The molecule has 7 aromatic carbocycles. The first-order valence-electron chi connectivity index (χ1n) is 17.2. The molecule has 0 spiro atoms. The topological polar surface area (TPSA) is 99.9 Å². The first-order chi connectivity index (χ1) is 26.1. The van der Waals surface area contributed by atoms with Gasteiger partial charge in [0, 0.05) is 55.9 Å². The van der Waals surface area contributed by atoms with Crippen molar-refractivity contribution in [2.24, 2.45) is 0 Å². The number of benzene rings is 7. The molecule has 8 nitrogen and oxygen atoms in total. The second-order valence-corrected chi connectivity index (χ2v) is 12.9. The third-order valence-electron chi connectivity index (χ3n) is 9.74. The molecule has 0 saturated heterocycles. The van der Waals surface area contributed by atoms with E-state index < -0.39 is 0 Å². The summed E-state index contributed by atoms with van der Waals surface area (Å²) in [5.41, 5.74) is 8.45. The molecule has 0 N–H and O–H groups in total. The second-order valence-electron chi connectivity index (χ2n) is 12.9. The zero-order valence-corrected chi connectivity index (χ0v) is 28.0. The molecule has 53 heavy (non-hydrogen) atoms. The molecule has 0 radical (unpaired) electrons. The molecule has 3 heterocycles. The number of hydrogen-bond donors (Lipinski definition) is 0. The van der Waals surface area contributed by atoms with Crippen LogP contribution in [0, 0.1) is 10.1 Å². The number of para-hydroxylation sites is 2. The lowest BCUT2D eigenvalue weighted by Crippen LogP contribution is -2.02. The van der Waals surface area contributed by atoms with Crippen LogP contribution in [0.1, 0.15) is 0 Å². The predicted molar refractivity (Wildman–Crippen MR) is 210 cm³/mol. The maximum Gasteiger partial charge on any atom is 0.270 e. The summed E-state index contributed by atoms with van der Waals surface area (Å²) in [7, 11) is 0. The van der Waals surface area contributed by atoms with E-state index in [9.17, 15) is 10.1 Å². The SMILES string of the molecule is O=[N+]([O-])c1cccc(-c2cc(-c3nc(-c4ccccc4)nc(-c4ccccc4)n3)ccc2-n2c3ccccc3c3c4c(ccc32)oc2ccccc24)c1. The van der Waals surface area contributed by atoms with Crippen molar-refractivity contribution in [2.75, 3.05) is 0 Å². The van der Waals surface area contributed by atoms with Gasteiger partial charge in [-0.15, -0.1) is 0 Å². The maximum atomic E-state index is 12.1. The summed E-state index contributed by atoms with van der Waals surface area (Å²) < 4.78 is 8.55. The zero-order chi connectivity index (χ0) is 35.5. The number of fused-ring (bicyclic) bond motifs is 7. The minimum atomic E-state index is -0.363. The van der Waals surface area contributed by atoms with Crippen molar-refractivity contribution in [3.05, 3.63) is 174 Å². The van der Waals surface area contributed by atoms with E-state index >= 15 is 0 Å². The summed E-state index contributed by atoms with van der Waals surface area (Å²) >= 11 is 0. The number of nitro benzene ring substituents is 1. The highest BCUT2D eigenvalue weighted by Crippen LogP contribution is 2.43. The summed E-state index contributed by atoms with van der Waals surface area (Å²) in [6, 6.07) is 53.1. The van der Waals surface area contributed by atoms with Crippen LogP contribution in [0.15, 0.2) is 168 Å². The molecule has 0 aliphatic carbocycles. The van der Waals surface area contributed by atoms with E-state index in [0.29, 0.717) is 23.0 Å². The Kier molecular flexibility index (Phi) is 6.94. The molecule has 0 bridgehead atoms. The van der Waals surface area contributed by atoms with Crippen molar-refractivity contribution in [3.8, 4) is 51.0 Å². The third kappa shape index (κ3) is 5.04. The first kappa shape index (κ1) is 30.4. The molecular weight excluding hydrogens is 659 g/mol. The maximum absolute atomic E-state index is 12.1. The molecule has 0 amide bonds. The fraction of sp³-hybridized carbons (Fsp3) is 0. The Morgan fingerprint density at radius 1 is 0.491 bits per heavy atom. The van der Waals surface area contributed by atoms with Crippen LogP contribution < -0.4 is 0 Å². The largest absolute Gasteiger partial charge is 0.456 e. The van der Waals surface area contributed by atoms with Gasteiger partial charge in [0.1, 0.15) is 11.2 Å². The predicted octanol–water partition coefficient (Wildman–Crippen LogP) is 11.4. The van der Waals surface area contributed by atoms with E-state index in [2.05, 4.69) is 34.9 Å². The van der Waals surface area contributed by atoms with E-state index in [1.54, 1.807) is 12.1 Å². The van der Waals surface area contributed by atoms with Gasteiger partial charge in [-0.1, -0.05) is 109 Å². The third-order valence-corrected chi connectivity index (χ3v) is 9.74. The van der Waals surface area contributed by atoms with Crippen LogP contribution in [-0.4, -0.2) is 24.4 Å². The number of rotatable bonds is 6. The summed E-state index contributed by atoms with van der Waals surface area (Å²) in [6.07, 6.45) is 0. The average Bonchev–Trinajstić information content (AvgIpc) is 3.77. The average molecular weight is 686 g/mol. The van der Waals surface area contributed by atoms with Crippen molar-refractivity contribution in [2.45, 2.75) is 0 Å². The summed E-state index contributed by atoms with van der Waals surface area (Å²) in [5, 5.41) is 16.3. The van der Waals surface area contributed by atoms with Gasteiger partial charge < -0.3 is 8.98 Å². The van der Waals surface area contributed by atoms with Crippen LogP contribution in [0.25, 0.3) is 94.7 Å². The number of nitrogens with zero attached hydrogens (tertiary/aromatic N) is 5.